The number of nitrogens with zero attached hydrogens (tertiary/aromatic N) is 2. The van der Waals surface area contributed by atoms with E-state index >= 15 is 0 Å². The van der Waals surface area contributed by atoms with Crippen LogP contribution in [0.5, 0.6) is 0 Å². The van der Waals surface area contributed by atoms with Crippen LogP contribution in [-0.2, 0) is 4.79 Å². The predicted molar refractivity (Wildman–Crippen MR) is 74.4 cm³/mol. The van der Waals surface area contributed by atoms with Gasteiger partial charge in [0, 0.05) is 6.20 Å². The van der Waals surface area contributed by atoms with Gasteiger partial charge in [0.25, 0.3) is 5.91 Å². The average Bonchev–Trinajstić information content (AvgIpc) is 2.53. The number of hydrogen-bond acceptors (Lipinski definition) is 4. The van der Waals surface area contributed by atoms with Crippen molar-refractivity contribution in [2.75, 3.05) is 0 Å². The molecule has 0 saturated heterocycles. The molecule has 2 rings (SSSR count). The van der Waals surface area contributed by atoms with Crippen LogP contribution >= 0.6 is 0 Å². The smallest absolute Gasteiger partial charge is 0.326 e. The Kier molecular flexibility index (Phi) is 4.88. The molecule has 1 saturated carbocycles. The van der Waals surface area contributed by atoms with Crippen molar-refractivity contribution in [2.24, 2.45) is 5.92 Å². The van der Waals surface area contributed by atoms with Gasteiger partial charge in [0.2, 0.25) is 0 Å². The molecular formula is C15H17N3O3. The van der Waals surface area contributed by atoms with Gasteiger partial charge in [-0.25, -0.2) is 9.78 Å². The number of carboxylic acids is 1. The van der Waals surface area contributed by atoms with Gasteiger partial charge in [-0.15, -0.1) is 0 Å². The number of rotatable bonds is 4. The van der Waals surface area contributed by atoms with E-state index in [1.807, 2.05) is 6.07 Å². The number of carbonyl (C=O) groups excluding carboxylic acids is 1. The van der Waals surface area contributed by atoms with Crippen molar-refractivity contribution < 1.29 is 14.7 Å². The summed E-state index contributed by atoms with van der Waals surface area (Å²) in [5.41, 5.74) is 0.477. The fourth-order valence-corrected chi connectivity index (χ4v) is 2.66. The van der Waals surface area contributed by atoms with E-state index < -0.39 is 17.9 Å². The number of nitriles is 1. The topological polar surface area (TPSA) is 103 Å². The third-order valence-electron chi connectivity index (χ3n) is 3.80. The maximum atomic E-state index is 12.1. The minimum Gasteiger partial charge on any atom is -0.480 e. The van der Waals surface area contributed by atoms with E-state index in [0.717, 1.165) is 32.1 Å². The predicted octanol–water partition coefficient (Wildman–Crippen LogP) is 1.72. The van der Waals surface area contributed by atoms with Crippen LogP contribution in [0.25, 0.3) is 0 Å². The summed E-state index contributed by atoms with van der Waals surface area (Å²) < 4.78 is 0. The molecule has 1 aliphatic carbocycles. The van der Waals surface area contributed by atoms with Crippen molar-refractivity contribution in [1.82, 2.24) is 10.3 Å². The lowest BCUT2D eigenvalue weighted by Crippen LogP contribution is -2.46. The second kappa shape index (κ2) is 6.84. The molecule has 0 bridgehead atoms. The monoisotopic (exact) mass is 287 g/mol. The van der Waals surface area contributed by atoms with Gasteiger partial charge in [-0.05, 0) is 30.9 Å². The number of aromatic nitrogens is 1. The molecule has 110 valence electrons. The van der Waals surface area contributed by atoms with E-state index in [1.54, 1.807) is 0 Å². The molecule has 0 aliphatic heterocycles. The van der Waals surface area contributed by atoms with Crippen LogP contribution in [0.15, 0.2) is 18.3 Å². The molecule has 1 heterocycles. The van der Waals surface area contributed by atoms with E-state index in [1.165, 1.54) is 18.3 Å². The molecule has 1 atom stereocenters. The quantitative estimate of drug-likeness (QED) is 0.877. The van der Waals surface area contributed by atoms with E-state index in [2.05, 4.69) is 10.3 Å². The van der Waals surface area contributed by atoms with Crippen molar-refractivity contribution in [3.05, 3.63) is 29.6 Å². The van der Waals surface area contributed by atoms with E-state index in [-0.39, 0.29) is 11.6 Å². The van der Waals surface area contributed by atoms with E-state index in [9.17, 15) is 14.7 Å². The van der Waals surface area contributed by atoms with Gasteiger partial charge in [0.1, 0.15) is 17.8 Å². The Balaban J connectivity index is 2.06. The molecule has 1 fully saturated rings. The van der Waals surface area contributed by atoms with Crippen LogP contribution in [-0.4, -0.2) is 28.0 Å². The standard InChI is InChI=1S/C15H17N3O3/c16-8-10-6-7-12(17-9-10)14(19)18-13(15(20)21)11-4-2-1-3-5-11/h6-7,9,11,13H,1-5H2,(H,18,19)(H,20,21). The lowest BCUT2D eigenvalue weighted by atomic mass is 9.84. The third-order valence-corrected chi connectivity index (χ3v) is 3.80. The molecule has 21 heavy (non-hydrogen) atoms. The molecule has 0 spiro atoms. The van der Waals surface area contributed by atoms with Crippen molar-refractivity contribution in [1.29, 1.82) is 5.26 Å². The first-order chi connectivity index (χ1) is 10.1. The molecule has 1 unspecified atom stereocenters. The van der Waals surface area contributed by atoms with Crippen molar-refractivity contribution >= 4 is 11.9 Å². The van der Waals surface area contributed by atoms with E-state index in [0.29, 0.717) is 5.56 Å². The van der Waals surface area contributed by atoms with Crippen LogP contribution < -0.4 is 5.32 Å². The summed E-state index contributed by atoms with van der Waals surface area (Å²) in [6.07, 6.45) is 6.05. The van der Waals surface area contributed by atoms with Crippen LogP contribution in [0.2, 0.25) is 0 Å². The summed E-state index contributed by atoms with van der Waals surface area (Å²) in [5, 5.41) is 20.6. The molecule has 1 aliphatic rings. The highest BCUT2D eigenvalue weighted by Crippen LogP contribution is 2.26. The van der Waals surface area contributed by atoms with Gasteiger partial charge in [-0.3, -0.25) is 4.79 Å². The molecule has 1 aromatic rings. The van der Waals surface area contributed by atoms with Gasteiger partial charge in [-0.1, -0.05) is 19.3 Å². The zero-order valence-electron chi connectivity index (χ0n) is 11.6. The number of hydrogen-bond donors (Lipinski definition) is 2. The zero-order chi connectivity index (χ0) is 15.2. The Labute approximate surface area is 122 Å². The van der Waals surface area contributed by atoms with Gasteiger partial charge in [0.05, 0.1) is 5.56 Å². The molecule has 0 radical (unpaired) electrons. The van der Waals surface area contributed by atoms with Crippen LogP contribution in [0.4, 0.5) is 0 Å². The Morgan fingerprint density at radius 3 is 2.57 bits per heavy atom. The van der Waals surface area contributed by atoms with Crippen molar-refractivity contribution in [3.8, 4) is 6.07 Å². The number of pyridine rings is 1. The maximum Gasteiger partial charge on any atom is 0.326 e. The Morgan fingerprint density at radius 1 is 1.33 bits per heavy atom. The summed E-state index contributed by atoms with van der Waals surface area (Å²) in [7, 11) is 0. The summed E-state index contributed by atoms with van der Waals surface area (Å²) in [4.78, 5) is 27.3. The lowest BCUT2D eigenvalue weighted by Gasteiger charge is -2.27. The van der Waals surface area contributed by atoms with Crippen molar-refractivity contribution in [3.63, 3.8) is 0 Å². The Morgan fingerprint density at radius 2 is 2.05 bits per heavy atom. The number of carboxylic acid groups (broad SMARTS) is 1. The second-order valence-electron chi connectivity index (χ2n) is 5.23. The first-order valence-electron chi connectivity index (χ1n) is 7.01. The maximum absolute atomic E-state index is 12.1. The summed E-state index contributed by atoms with van der Waals surface area (Å²) in [5.74, 6) is -1.56. The minimum atomic E-state index is -1.01. The van der Waals surface area contributed by atoms with Crippen LogP contribution in [0.3, 0.4) is 0 Å². The SMILES string of the molecule is N#Cc1ccc(C(=O)NC(C(=O)O)C2CCCCC2)nc1. The summed E-state index contributed by atoms with van der Waals surface area (Å²) in [6.45, 7) is 0. The molecule has 6 nitrogen and oxygen atoms in total. The van der Waals surface area contributed by atoms with Gasteiger partial charge in [0.15, 0.2) is 0 Å². The fourth-order valence-electron chi connectivity index (χ4n) is 2.66. The van der Waals surface area contributed by atoms with Gasteiger partial charge in [-0.2, -0.15) is 5.26 Å². The number of amides is 1. The summed E-state index contributed by atoms with van der Waals surface area (Å²) in [6, 6.07) is 3.94. The molecular weight excluding hydrogens is 270 g/mol. The molecule has 1 aromatic heterocycles. The zero-order valence-corrected chi connectivity index (χ0v) is 11.6. The first-order valence-corrected chi connectivity index (χ1v) is 7.01. The average molecular weight is 287 g/mol. The molecule has 1 amide bonds. The fraction of sp³-hybridized carbons (Fsp3) is 0.467. The van der Waals surface area contributed by atoms with Crippen LogP contribution in [0.1, 0.15) is 48.2 Å². The van der Waals surface area contributed by atoms with Crippen LogP contribution in [0, 0.1) is 17.2 Å². The minimum absolute atomic E-state index is 0.0291. The molecule has 0 aromatic carbocycles. The number of nitrogens with one attached hydrogen (secondary N) is 1. The van der Waals surface area contributed by atoms with E-state index in [4.69, 9.17) is 5.26 Å². The highest BCUT2D eigenvalue weighted by Gasteiger charge is 2.31. The summed E-state index contributed by atoms with van der Waals surface area (Å²) >= 11 is 0. The second-order valence-corrected chi connectivity index (χ2v) is 5.23. The third kappa shape index (κ3) is 3.78. The van der Waals surface area contributed by atoms with Crippen molar-refractivity contribution in [2.45, 2.75) is 38.1 Å². The highest BCUT2D eigenvalue weighted by molar-refractivity contribution is 5.95. The highest BCUT2D eigenvalue weighted by atomic mass is 16.4. The Bertz CT molecular complexity index is 557. The lowest BCUT2D eigenvalue weighted by molar-refractivity contribution is -0.141. The largest absolute Gasteiger partial charge is 0.480 e. The Hall–Kier alpha value is -2.42. The van der Waals surface area contributed by atoms with Gasteiger partial charge >= 0.3 is 5.97 Å². The number of aliphatic carboxylic acids is 1. The molecule has 2 N–H and O–H groups in total. The normalized spacial score (nSPS) is 16.7. The molecule has 6 heteroatoms. The van der Waals surface area contributed by atoms with Gasteiger partial charge < -0.3 is 10.4 Å². The first kappa shape index (κ1) is 15.0. The number of carbonyl (C=O) groups is 2.